The Kier molecular flexibility index (Phi) is 5.07. The fourth-order valence-electron chi connectivity index (χ4n) is 4.57. The Bertz CT molecular complexity index is 1240. The molecular weight excluding hydrogens is 409 g/mol. The van der Waals surface area contributed by atoms with E-state index in [1.54, 1.807) is 16.8 Å². The third kappa shape index (κ3) is 3.39. The number of carbonyl (C=O) groups is 1. The highest BCUT2D eigenvalue weighted by molar-refractivity contribution is 5.89. The summed E-state index contributed by atoms with van der Waals surface area (Å²) in [6.07, 6.45) is 5.21. The van der Waals surface area contributed by atoms with Gasteiger partial charge in [-0.1, -0.05) is 6.07 Å². The lowest BCUT2D eigenvalue weighted by atomic mass is 9.89. The molecule has 1 saturated carbocycles. The van der Waals surface area contributed by atoms with Gasteiger partial charge in [-0.2, -0.15) is 0 Å². The largest absolute Gasteiger partial charge is 0.493 e. The number of Topliss-reactive ketones (excluding diaryl/α,β-unsaturated/α-hetero) is 1. The fraction of sp³-hybridized carbons (Fsp3) is 0.375. The number of anilines is 2. The van der Waals surface area contributed by atoms with Gasteiger partial charge in [-0.15, -0.1) is 5.10 Å². The number of nitrogens with two attached hydrogens (primary N) is 1. The molecule has 2 fully saturated rings. The van der Waals surface area contributed by atoms with Crippen LogP contribution in [0.15, 0.2) is 36.0 Å². The summed E-state index contributed by atoms with van der Waals surface area (Å²) in [5, 5.41) is 4.43. The average molecular weight is 436 g/mol. The second-order valence-electron chi connectivity index (χ2n) is 8.42. The van der Waals surface area contributed by atoms with Crippen LogP contribution in [0, 0.1) is 12.7 Å². The van der Waals surface area contributed by atoms with Gasteiger partial charge in [0.25, 0.3) is 0 Å². The second kappa shape index (κ2) is 7.93. The first-order chi connectivity index (χ1) is 15.5. The van der Waals surface area contributed by atoms with Crippen molar-refractivity contribution in [1.82, 2.24) is 14.6 Å². The molecule has 3 aromatic rings. The van der Waals surface area contributed by atoms with Crippen LogP contribution in [0.2, 0.25) is 0 Å². The van der Waals surface area contributed by atoms with Gasteiger partial charge in [0.1, 0.15) is 23.0 Å². The molecule has 1 unspecified atom stereocenters. The number of ether oxygens (including phenoxy) is 1. The van der Waals surface area contributed by atoms with Crippen molar-refractivity contribution in [3.05, 3.63) is 58.5 Å². The molecule has 2 aliphatic rings. The van der Waals surface area contributed by atoms with E-state index in [4.69, 9.17) is 15.5 Å². The van der Waals surface area contributed by atoms with E-state index in [1.165, 1.54) is 17.7 Å². The van der Waals surface area contributed by atoms with Crippen LogP contribution in [0.3, 0.4) is 0 Å². The van der Waals surface area contributed by atoms with Crippen molar-refractivity contribution < 1.29 is 13.9 Å². The van der Waals surface area contributed by atoms with Crippen LogP contribution in [0.25, 0.3) is 11.4 Å². The minimum absolute atomic E-state index is 0.0974. The van der Waals surface area contributed by atoms with E-state index in [-0.39, 0.29) is 24.2 Å². The van der Waals surface area contributed by atoms with Gasteiger partial charge >= 0.3 is 0 Å². The smallest absolute Gasteiger partial charge is 0.170 e. The standard InChI is InChI=1S/C24H26FN5O2/c1-3-32-22(15-5-4-6-15)21-23(26)28-30-10-9-20(27-24(21)30)29-13-17(31)12-19(29)18-11-16(25)8-7-14(18)2/h7-11,19H,3-6,12-13H2,1-2H3,(H2,26,28). The Labute approximate surface area is 185 Å². The summed E-state index contributed by atoms with van der Waals surface area (Å²) >= 11 is 0. The van der Waals surface area contributed by atoms with Gasteiger partial charge in [-0.25, -0.2) is 13.9 Å². The summed E-state index contributed by atoms with van der Waals surface area (Å²) in [5.74, 6) is 1.55. The third-order valence-corrected chi connectivity index (χ3v) is 6.33. The number of fused-ring (bicyclic) bond motifs is 1. The van der Waals surface area contributed by atoms with Crippen molar-refractivity contribution in [2.24, 2.45) is 0 Å². The van der Waals surface area contributed by atoms with Crippen molar-refractivity contribution in [3.63, 3.8) is 0 Å². The number of hydrogen-bond acceptors (Lipinski definition) is 6. The van der Waals surface area contributed by atoms with Crippen LogP contribution < -0.4 is 10.6 Å². The van der Waals surface area contributed by atoms with E-state index in [0.717, 1.165) is 36.1 Å². The number of benzene rings is 1. The van der Waals surface area contributed by atoms with Gasteiger partial charge < -0.3 is 15.4 Å². The molecule has 0 amide bonds. The molecule has 1 aliphatic carbocycles. The average Bonchev–Trinajstić information content (AvgIpc) is 3.26. The van der Waals surface area contributed by atoms with Crippen molar-refractivity contribution in [1.29, 1.82) is 0 Å². The number of rotatable bonds is 5. The topological polar surface area (TPSA) is 85.8 Å². The molecule has 0 bridgehead atoms. The number of nitrogens with zero attached hydrogens (tertiary/aromatic N) is 4. The van der Waals surface area contributed by atoms with Crippen molar-refractivity contribution in [2.75, 3.05) is 23.8 Å². The maximum absolute atomic E-state index is 14.0. The number of aryl methyl sites for hydroxylation is 1. The molecule has 0 radical (unpaired) electrons. The molecule has 1 atom stereocenters. The highest BCUT2D eigenvalue weighted by atomic mass is 19.1. The zero-order valence-corrected chi connectivity index (χ0v) is 18.3. The lowest BCUT2D eigenvalue weighted by Crippen LogP contribution is -2.25. The number of aromatic nitrogens is 3. The zero-order chi connectivity index (χ0) is 22.4. The molecule has 0 spiro atoms. The normalized spacial score (nSPS) is 18.3. The molecule has 7 nitrogen and oxygen atoms in total. The fourth-order valence-corrected chi connectivity index (χ4v) is 4.57. The number of carbonyl (C=O) groups excluding carboxylic acids is 1. The minimum Gasteiger partial charge on any atom is -0.493 e. The first-order valence-corrected chi connectivity index (χ1v) is 11.0. The molecule has 32 heavy (non-hydrogen) atoms. The number of hydrogen-bond donors (Lipinski definition) is 1. The van der Waals surface area contributed by atoms with Crippen LogP contribution in [0.4, 0.5) is 16.0 Å². The monoisotopic (exact) mass is 435 g/mol. The molecule has 8 heteroatoms. The lowest BCUT2D eigenvalue weighted by molar-refractivity contribution is -0.116. The molecule has 3 heterocycles. The van der Waals surface area contributed by atoms with Crippen LogP contribution in [-0.2, 0) is 9.53 Å². The Morgan fingerprint density at radius 2 is 2.12 bits per heavy atom. The number of allylic oxidation sites excluding steroid dienone is 1. The van der Waals surface area contributed by atoms with E-state index in [9.17, 15) is 9.18 Å². The maximum atomic E-state index is 14.0. The summed E-state index contributed by atoms with van der Waals surface area (Å²) < 4.78 is 21.6. The van der Waals surface area contributed by atoms with Gasteiger partial charge in [0.05, 0.1) is 19.2 Å². The SMILES string of the molecule is CCOC(=C1CCC1)c1c(N)nn2ccc(N3CC(=O)CC3c3cc(F)ccc3C)nc12. The molecule has 2 aromatic heterocycles. The number of nitrogen functional groups attached to an aromatic ring is 1. The third-order valence-electron chi connectivity index (χ3n) is 6.33. The first kappa shape index (κ1) is 20.5. The van der Waals surface area contributed by atoms with Crippen LogP contribution in [-0.4, -0.2) is 33.5 Å². The zero-order valence-electron chi connectivity index (χ0n) is 18.3. The van der Waals surface area contributed by atoms with E-state index >= 15 is 0 Å². The summed E-state index contributed by atoms with van der Waals surface area (Å²) in [5.41, 5.74) is 10.6. The van der Waals surface area contributed by atoms with E-state index in [1.807, 2.05) is 24.8 Å². The quantitative estimate of drug-likeness (QED) is 0.604. The van der Waals surface area contributed by atoms with Crippen molar-refractivity contribution in [3.8, 4) is 0 Å². The number of halogens is 1. The predicted octanol–water partition coefficient (Wildman–Crippen LogP) is 4.21. The molecule has 1 aromatic carbocycles. The minimum atomic E-state index is -0.312. The maximum Gasteiger partial charge on any atom is 0.170 e. The first-order valence-electron chi connectivity index (χ1n) is 11.0. The Morgan fingerprint density at radius 3 is 2.84 bits per heavy atom. The summed E-state index contributed by atoms with van der Waals surface area (Å²) in [6.45, 7) is 4.63. The van der Waals surface area contributed by atoms with E-state index in [0.29, 0.717) is 35.9 Å². The second-order valence-corrected chi connectivity index (χ2v) is 8.42. The highest BCUT2D eigenvalue weighted by Gasteiger charge is 2.34. The molecule has 1 saturated heterocycles. The van der Waals surface area contributed by atoms with Crippen LogP contribution in [0.1, 0.15) is 55.3 Å². The summed E-state index contributed by atoms with van der Waals surface area (Å²) in [4.78, 5) is 19.3. The Balaban J connectivity index is 1.61. The Morgan fingerprint density at radius 1 is 1.31 bits per heavy atom. The Hall–Kier alpha value is -3.42. The lowest BCUT2D eigenvalue weighted by Gasteiger charge is -2.26. The molecule has 1 aliphatic heterocycles. The van der Waals surface area contributed by atoms with Crippen LogP contribution in [0.5, 0.6) is 0 Å². The molecule has 2 N–H and O–H groups in total. The van der Waals surface area contributed by atoms with Gasteiger partial charge in [-0.3, -0.25) is 4.79 Å². The van der Waals surface area contributed by atoms with Crippen molar-refractivity contribution in [2.45, 2.75) is 45.6 Å². The van der Waals surface area contributed by atoms with Gasteiger partial charge in [0, 0.05) is 12.6 Å². The van der Waals surface area contributed by atoms with E-state index < -0.39 is 0 Å². The summed E-state index contributed by atoms with van der Waals surface area (Å²) in [6, 6.07) is 6.25. The van der Waals surface area contributed by atoms with Gasteiger partial charge in [0.15, 0.2) is 17.2 Å². The molecule has 5 rings (SSSR count). The van der Waals surface area contributed by atoms with Crippen molar-refractivity contribution >= 4 is 28.8 Å². The summed E-state index contributed by atoms with van der Waals surface area (Å²) in [7, 11) is 0. The van der Waals surface area contributed by atoms with Gasteiger partial charge in [0.2, 0.25) is 0 Å². The predicted molar refractivity (Wildman–Crippen MR) is 121 cm³/mol. The highest BCUT2D eigenvalue weighted by Crippen LogP contribution is 2.39. The van der Waals surface area contributed by atoms with Crippen LogP contribution >= 0.6 is 0 Å². The van der Waals surface area contributed by atoms with Gasteiger partial charge in [-0.05, 0) is 68.0 Å². The number of ketones is 1. The molecular formula is C24H26FN5O2. The van der Waals surface area contributed by atoms with E-state index in [2.05, 4.69) is 5.10 Å². The molecule has 166 valence electrons.